The normalized spacial score (nSPS) is 37.7. The lowest BCUT2D eigenvalue weighted by Crippen LogP contribution is -2.54. The highest BCUT2D eigenvalue weighted by Crippen LogP contribution is 2.66. The molecule has 2 heterocycles. The van der Waals surface area contributed by atoms with Gasteiger partial charge in [-0.05, 0) is 96.6 Å². The number of rotatable bonds is 9. The number of halogens is 1. The van der Waals surface area contributed by atoms with Gasteiger partial charge in [-0.25, -0.2) is 9.36 Å². The molecule has 6 rings (SSSR count). The zero-order chi connectivity index (χ0) is 34.6. The van der Waals surface area contributed by atoms with Crippen LogP contribution in [0, 0.1) is 38.1 Å². The highest BCUT2D eigenvalue weighted by molar-refractivity contribution is 14.1. The molecule has 266 valence electrons. The van der Waals surface area contributed by atoms with Gasteiger partial charge in [0.2, 0.25) is 0 Å². The van der Waals surface area contributed by atoms with Gasteiger partial charge in [0.1, 0.15) is 30.3 Å². The Balaban J connectivity index is 1.04. The van der Waals surface area contributed by atoms with Gasteiger partial charge in [0, 0.05) is 30.9 Å². The largest absolute Gasteiger partial charge is 0.469 e. The van der Waals surface area contributed by atoms with Crippen molar-refractivity contribution in [3.05, 3.63) is 30.6 Å². The average molecular weight is 805 g/mol. The number of aromatic amines is 1. The molecule has 0 spiro atoms. The van der Waals surface area contributed by atoms with Crippen LogP contribution in [0.15, 0.2) is 15.8 Å². The standard InChI is InChI=1S/C32H44IN2O12P/c1-31-11-9-18(36)13-17(31)3-4-19-20-5-6-25(32(20,2)12-10-21(19)31)47-28(38)8-7-27(37)46-23-14-26(45-24(23)16-44-48(41,42)43)35-15-22(33)29(39)34-30(35)40/h15,17,19-21,23-26H,3-14,16H2,1-2H3,(H,34,39,40)(H2,41,42,43)/t17?,19?,20?,21?,23-,24+,25-,26+,31-,32-/m0/s1/i33-2. The lowest BCUT2D eigenvalue weighted by molar-refractivity contribution is -0.167. The summed E-state index contributed by atoms with van der Waals surface area (Å²) in [4.78, 5) is 82.9. The first-order valence-corrected chi connectivity index (χ1v) is 19.5. The molecule has 5 fully saturated rings. The van der Waals surface area contributed by atoms with E-state index in [0.29, 0.717) is 35.9 Å². The molecule has 4 saturated carbocycles. The Labute approximate surface area is 291 Å². The maximum Gasteiger partial charge on any atom is 0.469 e. The minimum Gasteiger partial charge on any atom is -0.462 e. The quantitative estimate of drug-likeness (QED) is 0.186. The van der Waals surface area contributed by atoms with Gasteiger partial charge in [0.05, 0.1) is 23.0 Å². The molecule has 10 atom stereocenters. The number of phosphoric acid groups is 1. The van der Waals surface area contributed by atoms with E-state index in [0.717, 1.165) is 55.9 Å². The first-order valence-electron chi connectivity index (χ1n) is 16.8. The number of Topliss-reactive ketones (excluding diaryl/α,β-unsaturated/α-hetero) is 1. The summed E-state index contributed by atoms with van der Waals surface area (Å²) in [5, 5.41) is 0. The van der Waals surface area contributed by atoms with E-state index >= 15 is 0 Å². The molecular formula is C32H44IN2O12P. The average Bonchev–Trinajstić information content (AvgIpc) is 3.56. The third-order valence-electron chi connectivity index (χ3n) is 12.3. The fraction of sp³-hybridized carbons (Fsp3) is 0.781. The van der Waals surface area contributed by atoms with Gasteiger partial charge >= 0.3 is 25.5 Å². The van der Waals surface area contributed by atoms with Crippen LogP contribution in [-0.4, -0.2) is 62.0 Å². The molecule has 4 aliphatic carbocycles. The van der Waals surface area contributed by atoms with Crippen molar-refractivity contribution in [2.24, 2.45) is 34.5 Å². The third kappa shape index (κ3) is 7.14. The summed E-state index contributed by atoms with van der Waals surface area (Å²) in [7, 11) is -4.88. The molecule has 0 amide bonds. The Bertz CT molecular complexity index is 1610. The third-order valence-corrected chi connectivity index (χ3v) is 13.6. The van der Waals surface area contributed by atoms with Crippen molar-refractivity contribution in [1.29, 1.82) is 0 Å². The van der Waals surface area contributed by atoms with E-state index in [9.17, 15) is 38.3 Å². The molecular weight excluding hydrogens is 760 g/mol. The zero-order valence-corrected chi connectivity index (χ0v) is 30.2. The number of hydrogen-bond acceptors (Lipinski definition) is 10. The molecule has 48 heavy (non-hydrogen) atoms. The van der Waals surface area contributed by atoms with Crippen LogP contribution in [0.1, 0.15) is 97.1 Å². The maximum absolute atomic E-state index is 13.1. The number of nitrogens with zero attached hydrogens (tertiary/aromatic N) is 1. The number of esters is 2. The van der Waals surface area contributed by atoms with Crippen molar-refractivity contribution in [1.82, 2.24) is 9.55 Å². The van der Waals surface area contributed by atoms with Crippen LogP contribution in [0.2, 0.25) is 0 Å². The fourth-order valence-electron chi connectivity index (χ4n) is 9.83. The highest BCUT2D eigenvalue weighted by Gasteiger charge is 2.61. The fourth-order valence-corrected chi connectivity index (χ4v) is 10.6. The Morgan fingerprint density at radius 1 is 1.02 bits per heavy atom. The summed E-state index contributed by atoms with van der Waals surface area (Å²) < 4.78 is 34.6. The predicted octanol–water partition coefficient (Wildman–Crippen LogP) is 3.75. The number of aromatic nitrogens is 2. The number of ketones is 1. The molecule has 1 saturated heterocycles. The molecule has 16 heteroatoms. The van der Waals surface area contributed by atoms with Gasteiger partial charge in [-0.3, -0.25) is 33.3 Å². The molecule has 0 radical (unpaired) electrons. The zero-order valence-electron chi connectivity index (χ0n) is 27.1. The summed E-state index contributed by atoms with van der Waals surface area (Å²) in [5.74, 6) is 1.26. The van der Waals surface area contributed by atoms with Gasteiger partial charge < -0.3 is 24.0 Å². The van der Waals surface area contributed by atoms with Gasteiger partial charge in [0.15, 0.2) is 0 Å². The van der Waals surface area contributed by atoms with Gasteiger partial charge in [0.25, 0.3) is 5.56 Å². The van der Waals surface area contributed by atoms with E-state index in [2.05, 4.69) is 23.4 Å². The van der Waals surface area contributed by atoms with Crippen LogP contribution in [-0.2, 0) is 37.7 Å². The van der Waals surface area contributed by atoms with Gasteiger partial charge in [-0.15, -0.1) is 0 Å². The van der Waals surface area contributed by atoms with Crippen LogP contribution in [0.3, 0.4) is 0 Å². The van der Waals surface area contributed by atoms with Crippen LogP contribution >= 0.6 is 30.4 Å². The molecule has 0 bridgehead atoms. The van der Waals surface area contributed by atoms with Gasteiger partial charge in [-0.1, -0.05) is 13.8 Å². The molecule has 5 aliphatic rings. The lowest BCUT2D eigenvalue weighted by atomic mass is 9.45. The number of H-pyrrole nitrogens is 1. The minimum absolute atomic E-state index is 0.0620. The maximum atomic E-state index is 13.1. The van der Waals surface area contributed by atoms with E-state index in [1.165, 1.54) is 6.20 Å². The Morgan fingerprint density at radius 2 is 1.73 bits per heavy atom. The molecule has 1 aliphatic heterocycles. The number of hydrogen-bond donors (Lipinski definition) is 3. The Hall–Kier alpha value is -1.91. The second-order valence-electron chi connectivity index (χ2n) is 14.8. The van der Waals surface area contributed by atoms with Crippen LogP contribution in [0.4, 0.5) is 0 Å². The lowest BCUT2D eigenvalue weighted by Gasteiger charge is -2.60. The first kappa shape index (κ1) is 35.9. The number of carbonyl (C=O) groups is 3. The summed E-state index contributed by atoms with van der Waals surface area (Å²) in [6, 6.07) is 0. The second kappa shape index (κ2) is 13.7. The molecule has 14 nitrogen and oxygen atoms in total. The monoisotopic (exact) mass is 804 g/mol. The van der Waals surface area contributed by atoms with Crippen molar-refractivity contribution >= 4 is 48.1 Å². The molecule has 1 aromatic heterocycles. The predicted molar refractivity (Wildman–Crippen MR) is 176 cm³/mol. The van der Waals surface area contributed by atoms with Crippen molar-refractivity contribution < 1.29 is 47.5 Å². The number of nitrogens with one attached hydrogen (secondary N) is 1. The Kier molecular flexibility index (Phi) is 10.2. The minimum atomic E-state index is -4.88. The van der Waals surface area contributed by atoms with Crippen molar-refractivity contribution in [2.45, 2.75) is 115 Å². The molecule has 3 N–H and O–H groups in total. The van der Waals surface area contributed by atoms with E-state index in [-0.39, 0.29) is 39.8 Å². The first-order chi connectivity index (χ1) is 22.6. The summed E-state index contributed by atoms with van der Waals surface area (Å²) >= 11 is 1.75. The van der Waals surface area contributed by atoms with Gasteiger partial charge in [-0.2, -0.15) is 0 Å². The van der Waals surface area contributed by atoms with Crippen molar-refractivity contribution in [3.63, 3.8) is 0 Å². The summed E-state index contributed by atoms with van der Waals surface area (Å²) in [6.07, 6.45) is 5.70. The number of fused-ring (bicyclic) bond motifs is 5. The smallest absolute Gasteiger partial charge is 0.462 e. The summed E-state index contributed by atoms with van der Waals surface area (Å²) in [6.45, 7) is 4.03. The van der Waals surface area contributed by atoms with E-state index in [1.807, 2.05) is 0 Å². The van der Waals surface area contributed by atoms with Crippen LogP contribution in [0.25, 0.3) is 0 Å². The summed E-state index contributed by atoms with van der Waals surface area (Å²) in [5.41, 5.74) is -1.28. The van der Waals surface area contributed by atoms with E-state index < -0.39 is 56.1 Å². The molecule has 4 unspecified atom stereocenters. The molecule has 0 aromatic carbocycles. The van der Waals surface area contributed by atoms with Crippen molar-refractivity contribution in [2.75, 3.05) is 6.61 Å². The van der Waals surface area contributed by atoms with Crippen LogP contribution < -0.4 is 11.2 Å². The van der Waals surface area contributed by atoms with Crippen molar-refractivity contribution in [3.8, 4) is 0 Å². The number of ether oxygens (including phenoxy) is 3. The van der Waals surface area contributed by atoms with Crippen LogP contribution in [0.5, 0.6) is 0 Å². The molecule has 1 aromatic rings. The van der Waals surface area contributed by atoms with E-state index in [4.69, 9.17) is 14.2 Å². The Morgan fingerprint density at radius 3 is 2.46 bits per heavy atom. The highest BCUT2D eigenvalue weighted by atomic mass is 125. The number of phosphoric ester groups is 1. The second-order valence-corrected chi connectivity index (χ2v) is 17.2. The number of carbonyl (C=O) groups excluding carboxylic acids is 3. The SMILES string of the molecule is C[C@]12CCC(=O)CC1CCC1C2CC[C@@]2(C)C1CC[C@@H]2OC(=O)CCC(=O)O[C@H]1C[C@H](n2cc([125I])c(=O)[nH]c2=O)O[C@@H]1COP(=O)(O)O. The topological polar surface area (TPSA) is 201 Å². The van der Waals surface area contributed by atoms with E-state index in [1.54, 1.807) is 22.6 Å².